The molecule has 7 nitrogen and oxygen atoms in total. The summed E-state index contributed by atoms with van der Waals surface area (Å²) < 4.78 is 16.2. The number of carbonyl (C=O) groups excluding carboxylic acids is 1. The zero-order valence-corrected chi connectivity index (χ0v) is 18.6. The van der Waals surface area contributed by atoms with E-state index in [0.29, 0.717) is 17.2 Å². The van der Waals surface area contributed by atoms with Gasteiger partial charge in [0, 0.05) is 49.3 Å². The Morgan fingerprint density at radius 2 is 1.91 bits per heavy atom. The lowest BCUT2D eigenvalue weighted by molar-refractivity contribution is 0.0526. The van der Waals surface area contributed by atoms with Crippen LogP contribution in [0.2, 0.25) is 5.02 Å². The van der Waals surface area contributed by atoms with Crippen molar-refractivity contribution in [1.29, 1.82) is 0 Å². The van der Waals surface area contributed by atoms with E-state index in [1.807, 2.05) is 30.3 Å². The van der Waals surface area contributed by atoms with E-state index in [4.69, 9.17) is 25.8 Å². The van der Waals surface area contributed by atoms with Crippen molar-refractivity contribution in [3.05, 3.63) is 58.7 Å². The van der Waals surface area contributed by atoms with Crippen LogP contribution < -0.4 is 14.4 Å². The number of pyridine rings is 1. The number of fused-ring (bicyclic) bond motifs is 2. The highest BCUT2D eigenvalue weighted by molar-refractivity contribution is 6.31. The summed E-state index contributed by atoms with van der Waals surface area (Å²) in [4.78, 5) is 21.8. The maximum absolute atomic E-state index is 12.7. The lowest BCUT2D eigenvalue weighted by Crippen LogP contribution is -2.46. The average Bonchev–Trinajstić information content (AvgIpc) is 3.27. The molecule has 1 fully saturated rings. The number of rotatable bonds is 5. The summed E-state index contributed by atoms with van der Waals surface area (Å²) in [6, 6.07) is 11.7. The zero-order valence-electron chi connectivity index (χ0n) is 17.8. The van der Waals surface area contributed by atoms with Gasteiger partial charge in [0.1, 0.15) is 5.56 Å². The van der Waals surface area contributed by atoms with E-state index in [9.17, 15) is 4.79 Å². The molecule has 1 saturated heterocycles. The Labute approximate surface area is 191 Å². The van der Waals surface area contributed by atoms with Crippen molar-refractivity contribution >= 4 is 34.2 Å². The molecule has 1 aromatic heterocycles. The largest absolute Gasteiger partial charge is 0.462 e. The summed E-state index contributed by atoms with van der Waals surface area (Å²) in [6.07, 6.45) is 1.61. The Kier molecular flexibility index (Phi) is 5.76. The second-order valence-corrected chi connectivity index (χ2v) is 8.29. The molecule has 0 atom stereocenters. The molecule has 5 rings (SSSR count). The van der Waals surface area contributed by atoms with Gasteiger partial charge in [0.15, 0.2) is 11.5 Å². The number of ether oxygens (including phenoxy) is 3. The average molecular weight is 454 g/mol. The minimum Gasteiger partial charge on any atom is -0.462 e. The highest BCUT2D eigenvalue weighted by atomic mass is 35.5. The molecule has 0 aliphatic carbocycles. The van der Waals surface area contributed by atoms with Crippen LogP contribution in [0.1, 0.15) is 22.8 Å². The summed E-state index contributed by atoms with van der Waals surface area (Å²) in [5, 5.41) is 1.48. The molecular formula is C24H24ClN3O4. The molecule has 166 valence electrons. The van der Waals surface area contributed by atoms with Gasteiger partial charge in [-0.25, -0.2) is 4.79 Å². The van der Waals surface area contributed by atoms with Gasteiger partial charge in [-0.1, -0.05) is 17.7 Å². The van der Waals surface area contributed by atoms with Crippen molar-refractivity contribution in [3.63, 3.8) is 0 Å². The molecule has 0 unspecified atom stereocenters. The number of nitrogens with zero attached hydrogens (tertiary/aromatic N) is 3. The summed E-state index contributed by atoms with van der Waals surface area (Å²) in [6.45, 7) is 6.52. The van der Waals surface area contributed by atoms with Crippen LogP contribution in [0.25, 0.3) is 10.9 Å². The van der Waals surface area contributed by atoms with Gasteiger partial charge in [0.2, 0.25) is 6.79 Å². The number of benzene rings is 2. The van der Waals surface area contributed by atoms with E-state index in [-0.39, 0.29) is 12.8 Å². The van der Waals surface area contributed by atoms with Gasteiger partial charge in [-0.15, -0.1) is 0 Å². The fourth-order valence-electron chi connectivity index (χ4n) is 4.28. The monoisotopic (exact) mass is 453 g/mol. The smallest absolute Gasteiger partial charge is 0.341 e. The number of carbonyl (C=O) groups is 1. The van der Waals surface area contributed by atoms with Gasteiger partial charge in [-0.05, 0) is 42.8 Å². The normalized spacial score (nSPS) is 15.9. The van der Waals surface area contributed by atoms with Crippen LogP contribution in [0.3, 0.4) is 0 Å². The topological polar surface area (TPSA) is 64.1 Å². The molecule has 0 N–H and O–H groups in total. The van der Waals surface area contributed by atoms with E-state index < -0.39 is 0 Å². The number of esters is 1. The van der Waals surface area contributed by atoms with E-state index in [1.54, 1.807) is 13.1 Å². The van der Waals surface area contributed by atoms with Crippen molar-refractivity contribution in [2.24, 2.45) is 0 Å². The van der Waals surface area contributed by atoms with Crippen molar-refractivity contribution in [2.45, 2.75) is 13.5 Å². The Morgan fingerprint density at radius 1 is 1.09 bits per heavy atom. The molecule has 0 radical (unpaired) electrons. The van der Waals surface area contributed by atoms with E-state index in [0.717, 1.165) is 60.8 Å². The van der Waals surface area contributed by atoms with Gasteiger partial charge in [0.25, 0.3) is 0 Å². The number of piperazine rings is 1. The number of aromatic nitrogens is 1. The maximum Gasteiger partial charge on any atom is 0.341 e. The van der Waals surface area contributed by atoms with Crippen LogP contribution >= 0.6 is 11.6 Å². The Bertz CT molecular complexity index is 1160. The second kappa shape index (κ2) is 8.84. The molecular weight excluding hydrogens is 430 g/mol. The van der Waals surface area contributed by atoms with Crippen molar-refractivity contribution in [1.82, 2.24) is 9.88 Å². The van der Waals surface area contributed by atoms with Gasteiger partial charge in [-0.3, -0.25) is 9.88 Å². The van der Waals surface area contributed by atoms with Crippen LogP contribution in [0.5, 0.6) is 11.5 Å². The highest BCUT2D eigenvalue weighted by Crippen LogP contribution is 2.34. The fraction of sp³-hybridized carbons (Fsp3) is 0.333. The van der Waals surface area contributed by atoms with Gasteiger partial charge in [-0.2, -0.15) is 0 Å². The fourth-order valence-corrected chi connectivity index (χ4v) is 4.45. The number of anilines is 1. The first kappa shape index (κ1) is 20.8. The Balaban J connectivity index is 1.37. The van der Waals surface area contributed by atoms with Gasteiger partial charge in [0.05, 0.1) is 17.8 Å². The number of hydrogen-bond acceptors (Lipinski definition) is 7. The lowest BCUT2D eigenvalue weighted by Gasteiger charge is -2.37. The predicted octanol–water partition coefficient (Wildman–Crippen LogP) is 4.12. The minimum absolute atomic E-state index is 0.282. The minimum atomic E-state index is -0.361. The predicted molar refractivity (Wildman–Crippen MR) is 123 cm³/mol. The van der Waals surface area contributed by atoms with Crippen LogP contribution in [0, 0.1) is 0 Å². The second-order valence-electron chi connectivity index (χ2n) is 7.85. The van der Waals surface area contributed by atoms with E-state index in [2.05, 4.69) is 20.9 Å². The van der Waals surface area contributed by atoms with Crippen molar-refractivity contribution in [3.8, 4) is 11.5 Å². The van der Waals surface area contributed by atoms with Crippen molar-refractivity contribution in [2.75, 3.05) is 44.5 Å². The third-order valence-electron chi connectivity index (χ3n) is 5.83. The molecule has 2 aliphatic heterocycles. The Hall–Kier alpha value is -3.03. The number of halogens is 1. The standard InChI is InChI=1S/C24H24ClN3O4/c1-2-30-24(29)19-13-26-20-5-4-17(25)12-18(20)23(19)28-9-7-27(8-10-28)14-16-3-6-21-22(11-16)32-15-31-21/h3-6,11-13H,2,7-10,14-15H2,1H3. The van der Waals surface area contributed by atoms with Gasteiger partial charge >= 0.3 is 5.97 Å². The SMILES string of the molecule is CCOC(=O)c1cnc2ccc(Cl)cc2c1N1CCN(Cc2ccc3c(c2)OCO3)CC1. The third-order valence-corrected chi connectivity index (χ3v) is 6.06. The molecule has 3 aromatic rings. The molecule has 0 bridgehead atoms. The zero-order chi connectivity index (χ0) is 22.1. The molecule has 2 aliphatic rings. The first-order chi connectivity index (χ1) is 15.6. The third kappa shape index (κ3) is 4.06. The molecule has 3 heterocycles. The molecule has 8 heteroatoms. The Morgan fingerprint density at radius 3 is 2.72 bits per heavy atom. The van der Waals surface area contributed by atoms with Gasteiger partial charge < -0.3 is 19.1 Å². The maximum atomic E-state index is 12.7. The first-order valence-electron chi connectivity index (χ1n) is 10.7. The van der Waals surface area contributed by atoms with E-state index >= 15 is 0 Å². The molecule has 2 aromatic carbocycles. The number of hydrogen-bond donors (Lipinski definition) is 0. The van der Waals surface area contributed by atoms with Crippen LogP contribution in [0.4, 0.5) is 5.69 Å². The molecule has 0 spiro atoms. The summed E-state index contributed by atoms with van der Waals surface area (Å²) in [7, 11) is 0. The summed E-state index contributed by atoms with van der Waals surface area (Å²) >= 11 is 6.29. The molecule has 32 heavy (non-hydrogen) atoms. The first-order valence-corrected chi connectivity index (χ1v) is 11.1. The van der Waals surface area contributed by atoms with Crippen LogP contribution in [-0.4, -0.2) is 55.4 Å². The summed E-state index contributed by atoms with van der Waals surface area (Å²) in [5.41, 5.74) is 3.32. The molecule has 0 amide bonds. The van der Waals surface area contributed by atoms with Crippen LogP contribution in [0.15, 0.2) is 42.6 Å². The summed E-state index contributed by atoms with van der Waals surface area (Å²) in [5.74, 6) is 1.24. The van der Waals surface area contributed by atoms with Crippen LogP contribution in [-0.2, 0) is 11.3 Å². The van der Waals surface area contributed by atoms with Crippen molar-refractivity contribution < 1.29 is 19.0 Å². The molecule has 0 saturated carbocycles. The highest BCUT2D eigenvalue weighted by Gasteiger charge is 2.25. The lowest BCUT2D eigenvalue weighted by atomic mass is 10.1. The quantitative estimate of drug-likeness (QED) is 0.538. The van der Waals surface area contributed by atoms with E-state index in [1.165, 1.54) is 5.56 Å².